The summed E-state index contributed by atoms with van der Waals surface area (Å²) in [6.45, 7) is 3.46. The summed E-state index contributed by atoms with van der Waals surface area (Å²) in [5.41, 5.74) is 0.930. The zero-order valence-corrected chi connectivity index (χ0v) is 12.4. The molecule has 0 bridgehead atoms. The van der Waals surface area contributed by atoms with Gasteiger partial charge in [-0.05, 0) is 54.0 Å². The van der Waals surface area contributed by atoms with Crippen molar-refractivity contribution in [3.8, 4) is 0 Å². The number of carboxylic acids is 1. The van der Waals surface area contributed by atoms with Crippen molar-refractivity contribution in [1.82, 2.24) is 0 Å². The molecule has 0 aliphatic carbocycles. The molecule has 5 nitrogen and oxygen atoms in total. The van der Waals surface area contributed by atoms with Gasteiger partial charge in [-0.3, -0.25) is 4.79 Å². The van der Waals surface area contributed by atoms with Crippen molar-refractivity contribution in [1.29, 1.82) is 0 Å². The Kier molecular flexibility index (Phi) is 3.94. The number of rotatable bonds is 3. The molecule has 0 radical (unpaired) electrons. The molecule has 0 fully saturated rings. The van der Waals surface area contributed by atoms with Gasteiger partial charge in [-0.15, -0.1) is 0 Å². The van der Waals surface area contributed by atoms with Crippen molar-refractivity contribution in [2.75, 3.05) is 5.32 Å². The molecule has 1 heterocycles. The Labute approximate surface area is 123 Å². The zero-order valence-electron chi connectivity index (χ0n) is 10.9. The molecule has 6 heteroatoms. The molecule has 0 aliphatic rings. The van der Waals surface area contributed by atoms with E-state index in [0.717, 1.165) is 0 Å². The van der Waals surface area contributed by atoms with Gasteiger partial charge in [0.05, 0.1) is 11.1 Å². The number of carbonyl (C=O) groups excluding carboxylic acids is 1. The van der Waals surface area contributed by atoms with E-state index in [0.29, 0.717) is 27.2 Å². The number of halogens is 1. The number of carboxylic acid groups (broad SMARTS) is 1. The first kappa shape index (κ1) is 14.3. The highest BCUT2D eigenvalue weighted by molar-refractivity contribution is 9.10. The molecule has 0 saturated heterocycles. The molecule has 20 heavy (non-hydrogen) atoms. The largest absolute Gasteiger partial charge is 0.478 e. The van der Waals surface area contributed by atoms with Crippen LogP contribution < -0.4 is 5.32 Å². The molecule has 0 spiro atoms. The third-order valence-electron chi connectivity index (χ3n) is 2.74. The number of aryl methyl sites for hydroxylation is 2. The van der Waals surface area contributed by atoms with Crippen molar-refractivity contribution in [3.63, 3.8) is 0 Å². The van der Waals surface area contributed by atoms with Crippen LogP contribution in [0.4, 0.5) is 5.69 Å². The van der Waals surface area contributed by atoms with Gasteiger partial charge in [0.1, 0.15) is 11.5 Å². The minimum Gasteiger partial charge on any atom is -0.478 e. The highest BCUT2D eigenvalue weighted by Gasteiger charge is 2.15. The van der Waals surface area contributed by atoms with E-state index in [1.165, 1.54) is 6.07 Å². The lowest BCUT2D eigenvalue weighted by atomic mass is 10.2. The number of furan rings is 1. The van der Waals surface area contributed by atoms with E-state index in [2.05, 4.69) is 21.2 Å². The van der Waals surface area contributed by atoms with E-state index in [4.69, 9.17) is 9.52 Å². The Balaban J connectivity index is 2.26. The number of benzene rings is 1. The van der Waals surface area contributed by atoms with Crippen LogP contribution in [0.3, 0.4) is 0 Å². The van der Waals surface area contributed by atoms with Crippen LogP contribution in [-0.4, -0.2) is 17.0 Å². The maximum Gasteiger partial charge on any atom is 0.336 e. The van der Waals surface area contributed by atoms with Gasteiger partial charge in [0.25, 0.3) is 5.91 Å². The molecule has 0 unspecified atom stereocenters. The van der Waals surface area contributed by atoms with Crippen LogP contribution >= 0.6 is 15.9 Å². The average Bonchev–Trinajstić information content (AvgIpc) is 2.70. The predicted octanol–water partition coefficient (Wildman–Crippen LogP) is 3.61. The van der Waals surface area contributed by atoms with Gasteiger partial charge >= 0.3 is 5.97 Å². The molecule has 1 aromatic heterocycles. The van der Waals surface area contributed by atoms with Crippen LogP contribution in [0.2, 0.25) is 0 Å². The minimum atomic E-state index is -1.07. The topological polar surface area (TPSA) is 79.5 Å². The first-order valence-electron chi connectivity index (χ1n) is 5.79. The minimum absolute atomic E-state index is 0.0860. The number of hydrogen-bond donors (Lipinski definition) is 2. The second-order valence-electron chi connectivity index (χ2n) is 4.28. The lowest BCUT2D eigenvalue weighted by molar-refractivity contribution is 0.0695. The fourth-order valence-electron chi connectivity index (χ4n) is 1.82. The molecule has 2 aromatic rings. The van der Waals surface area contributed by atoms with Gasteiger partial charge in [0, 0.05) is 10.2 Å². The van der Waals surface area contributed by atoms with Crippen LogP contribution in [0.15, 0.2) is 33.2 Å². The van der Waals surface area contributed by atoms with E-state index < -0.39 is 5.97 Å². The highest BCUT2D eigenvalue weighted by atomic mass is 79.9. The van der Waals surface area contributed by atoms with Crippen LogP contribution in [0.1, 0.15) is 32.2 Å². The summed E-state index contributed by atoms with van der Waals surface area (Å²) < 4.78 is 5.75. The molecule has 0 atom stereocenters. The summed E-state index contributed by atoms with van der Waals surface area (Å²) in [6.07, 6.45) is 0. The van der Waals surface area contributed by atoms with Gasteiger partial charge < -0.3 is 14.8 Å². The van der Waals surface area contributed by atoms with E-state index in [1.54, 1.807) is 32.0 Å². The lowest BCUT2D eigenvalue weighted by Crippen LogP contribution is -2.12. The third-order valence-corrected chi connectivity index (χ3v) is 3.43. The number of hydrogen-bond acceptors (Lipinski definition) is 3. The van der Waals surface area contributed by atoms with Crippen LogP contribution in [-0.2, 0) is 0 Å². The van der Waals surface area contributed by atoms with Crippen molar-refractivity contribution >= 4 is 33.5 Å². The SMILES string of the molecule is Cc1cc(C(=O)Nc2ccc(Br)c(C(=O)O)c2)c(C)o1. The molecular formula is C14H12BrNO4. The molecule has 0 aliphatic heterocycles. The quantitative estimate of drug-likeness (QED) is 0.896. The van der Waals surface area contributed by atoms with Gasteiger partial charge in [0.2, 0.25) is 0 Å². The third kappa shape index (κ3) is 2.91. The van der Waals surface area contributed by atoms with E-state index >= 15 is 0 Å². The summed E-state index contributed by atoms with van der Waals surface area (Å²) in [4.78, 5) is 23.1. The molecular weight excluding hydrogens is 326 g/mol. The smallest absolute Gasteiger partial charge is 0.336 e. The first-order valence-corrected chi connectivity index (χ1v) is 6.59. The van der Waals surface area contributed by atoms with Gasteiger partial charge in [-0.2, -0.15) is 0 Å². The van der Waals surface area contributed by atoms with Crippen LogP contribution in [0.25, 0.3) is 0 Å². The fourth-order valence-corrected chi connectivity index (χ4v) is 2.24. The second kappa shape index (κ2) is 5.50. The highest BCUT2D eigenvalue weighted by Crippen LogP contribution is 2.22. The van der Waals surface area contributed by atoms with Crippen molar-refractivity contribution in [2.45, 2.75) is 13.8 Å². The standard InChI is InChI=1S/C14H12BrNO4/c1-7-5-10(8(2)20-7)13(17)16-9-3-4-12(15)11(6-9)14(18)19/h3-6H,1-2H3,(H,16,17)(H,18,19). The zero-order chi connectivity index (χ0) is 14.9. The second-order valence-corrected chi connectivity index (χ2v) is 5.14. The average molecular weight is 338 g/mol. The number of nitrogens with one attached hydrogen (secondary N) is 1. The number of amides is 1. The van der Waals surface area contributed by atoms with Crippen LogP contribution in [0, 0.1) is 13.8 Å². The Morgan fingerprint density at radius 2 is 1.90 bits per heavy atom. The maximum atomic E-state index is 12.1. The van der Waals surface area contributed by atoms with Crippen molar-refractivity contribution < 1.29 is 19.1 Å². The lowest BCUT2D eigenvalue weighted by Gasteiger charge is -2.06. The van der Waals surface area contributed by atoms with Crippen molar-refractivity contribution in [2.24, 2.45) is 0 Å². The summed E-state index contributed by atoms with van der Waals surface area (Å²) in [6, 6.07) is 6.23. The summed E-state index contributed by atoms with van der Waals surface area (Å²) in [7, 11) is 0. The normalized spacial score (nSPS) is 10.3. The monoisotopic (exact) mass is 337 g/mol. The Bertz CT molecular complexity index is 690. The van der Waals surface area contributed by atoms with Crippen LogP contribution in [0.5, 0.6) is 0 Å². The Morgan fingerprint density at radius 1 is 1.20 bits per heavy atom. The Hall–Kier alpha value is -2.08. The van der Waals surface area contributed by atoms with E-state index in [-0.39, 0.29) is 11.5 Å². The van der Waals surface area contributed by atoms with Gasteiger partial charge in [-0.25, -0.2) is 4.79 Å². The Morgan fingerprint density at radius 3 is 2.45 bits per heavy atom. The molecule has 1 aromatic carbocycles. The number of aromatic carboxylic acids is 1. The fraction of sp³-hybridized carbons (Fsp3) is 0.143. The molecule has 1 amide bonds. The van der Waals surface area contributed by atoms with Gasteiger partial charge in [-0.1, -0.05) is 0 Å². The summed E-state index contributed by atoms with van der Waals surface area (Å²) >= 11 is 3.15. The number of anilines is 1. The van der Waals surface area contributed by atoms with E-state index in [1.807, 2.05) is 0 Å². The summed E-state index contributed by atoms with van der Waals surface area (Å²) in [5.74, 6) is -0.230. The van der Waals surface area contributed by atoms with Crippen molar-refractivity contribution in [3.05, 3.63) is 51.4 Å². The maximum absolute atomic E-state index is 12.1. The van der Waals surface area contributed by atoms with E-state index in [9.17, 15) is 9.59 Å². The van der Waals surface area contributed by atoms with Gasteiger partial charge in [0.15, 0.2) is 0 Å². The molecule has 2 N–H and O–H groups in total. The summed E-state index contributed by atoms with van der Waals surface area (Å²) in [5, 5.41) is 11.7. The predicted molar refractivity (Wildman–Crippen MR) is 77.2 cm³/mol. The first-order chi connectivity index (χ1) is 9.38. The molecule has 2 rings (SSSR count). The number of carbonyl (C=O) groups is 2. The molecule has 104 valence electrons. The molecule has 0 saturated carbocycles.